The van der Waals surface area contributed by atoms with E-state index >= 15 is 0 Å². The largest absolute Gasteiger partial charge is 0.459 e. The minimum atomic E-state index is -0.295. The van der Waals surface area contributed by atoms with Gasteiger partial charge in [0.05, 0.1) is 6.26 Å². The Kier molecular flexibility index (Phi) is 6.92. The molecule has 122 valence electrons. The molecule has 1 aromatic heterocycles. The maximum atomic E-state index is 11.7. The van der Waals surface area contributed by atoms with Crippen molar-refractivity contribution < 1.29 is 14.0 Å². The molecule has 0 aromatic carbocycles. The molecule has 0 bridgehead atoms. The van der Waals surface area contributed by atoms with E-state index < -0.39 is 0 Å². The van der Waals surface area contributed by atoms with Gasteiger partial charge >= 0.3 is 0 Å². The lowest BCUT2D eigenvalue weighted by atomic mass is 10.3. The lowest BCUT2D eigenvalue weighted by Crippen LogP contribution is -2.44. The lowest BCUT2D eigenvalue weighted by Gasteiger charge is -2.27. The first-order valence-electron chi connectivity index (χ1n) is 7.77. The zero-order valence-corrected chi connectivity index (χ0v) is 12.8. The Morgan fingerprint density at radius 1 is 1.23 bits per heavy atom. The van der Waals surface area contributed by atoms with Gasteiger partial charge < -0.3 is 25.3 Å². The fourth-order valence-corrected chi connectivity index (χ4v) is 2.34. The van der Waals surface area contributed by atoms with Crippen molar-refractivity contribution >= 4 is 11.8 Å². The zero-order valence-electron chi connectivity index (χ0n) is 12.8. The van der Waals surface area contributed by atoms with E-state index in [4.69, 9.17) is 4.42 Å². The van der Waals surface area contributed by atoms with E-state index in [2.05, 4.69) is 20.9 Å². The van der Waals surface area contributed by atoms with Gasteiger partial charge in [-0.25, -0.2) is 0 Å². The van der Waals surface area contributed by atoms with Crippen molar-refractivity contribution in [2.24, 2.45) is 0 Å². The molecule has 0 aliphatic carbocycles. The summed E-state index contributed by atoms with van der Waals surface area (Å²) < 4.78 is 4.97. The number of nitrogens with one attached hydrogen (secondary N) is 3. The van der Waals surface area contributed by atoms with Gasteiger partial charge in [-0.3, -0.25) is 9.59 Å². The van der Waals surface area contributed by atoms with Gasteiger partial charge in [0.2, 0.25) is 5.91 Å². The molecule has 0 saturated carbocycles. The summed E-state index contributed by atoms with van der Waals surface area (Å²) in [6.07, 6.45) is 2.67. The number of carbonyl (C=O) groups excluding carboxylic acids is 2. The topological polar surface area (TPSA) is 86.6 Å². The van der Waals surface area contributed by atoms with Crippen LogP contribution in [-0.4, -0.2) is 62.5 Å². The molecule has 7 nitrogen and oxygen atoms in total. The van der Waals surface area contributed by atoms with Crippen LogP contribution in [0.5, 0.6) is 0 Å². The fraction of sp³-hybridized carbons (Fsp3) is 0.600. The fourth-order valence-electron chi connectivity index (χ4n) is 2.34. The first-order chi connectivity index (χ1) is 10.8. The molecule has 0 spiro atoms. The predicted octanol–water partition coefficient (Wildman–Crippen LogP) is -0.189. The van der Waals surface area contributed by atoms with Gasteiger partial charge in [-0.1, -0.05) is 0 Å². The highest BCUT2D eigenvalue weighted by molar-refractivity contribution is 5.91. The van der Waals surface area contributed by atoms with Gasteiger partial charge in [-0.05, 0) is 25.1 Å². The van der Waals surface area contributed by atoms with Crippen molar-refractivity contribution in [1.82, 2.24) is 20.9 Å². The lowest BCUT2D eigenvalue weighted by molar-refractivity contribution is -0.120. The normalized spacial score (nSPS) is 15.5. The number of piperazine rings is 1. The van der Waals surface area contributed by atoms with Crippen LogP contribution in [0, 0.1) is 0 Å². The van der Waals surface area contributed by atoms with Crippen LogP contribution >= 0.6 is 0 Å². The van der Waals surface area contributed by atoms with Gasteiger partial charge in [0, 0.05) is 45.7 Å². The van der Waals surface area contributed by atoms with Crippen molar-refractivity contribution in [2.75, 3.05) is 45.8 Å². The zero-order chi connectivity index (χ0) is 15.6. The van der Waals surface area contributed by atoms with E-state index in [0.29, 0.717) is 13.1 Å². The summed E-state index contributed by atoms with van der Waals surface area (Å²) in [6, 6.07) is 3.24. The molecule has 3 N–H and O–H groups in total. The van der Waals surface area contributed by atoms with Crippen molar-refractivity contribution in [3.05, 3.63) is 24.2 Å². The standard InChI is InChI=1S/C15H24N4O3/c20-14(4-6-18-15(21)13-3-1-12-22-13)17-5-2-9-19-10-7-16-8-11-19/h1,3,12,16H,2,4-11H2,(H,17,20)(H,18,21). The maximum Gasteiger partial charge on any atom is 0.286 e. The number of furan rings is 1. The maximum absolute atomic E-state index is 11.7. The van der Waals surface area contributed by atoms with Crippen LogP contribution < -0.4 is 16.0 Å². The highest BCUT2D eigenvalue weighted by Crippen LogP contribution is 1.98. The molecule has 0 unspecified atom stereocenters. The van der Waals surface area contributed by atoms with Gasteiger partial charge in [0.1, 0.15) is 0 Å². The van der Waals surface area contributed by atoms with Crippen LogP contribution in [0.1, 0.15) is 23.4 Å². The van der Waals surface area contributed by atoms with Gasteiger partial charge in [-0.15, -0.1) is 0 Å². The van der Waals surface area contributed by atoms with Crippen molar-refractivity contribution in [1.29, 1.82) is 0 Å². The second-order valence-corrected chi connectivity index (χ2v) is 5.28. The molecule has 1 aliphatic rings. The molecule has 1 aliphatic heterocycles. The van der Waals surface area contributed by atoms with E-state index in [1.54, 1.807) is 12.1 Å². The molecule has 2 amide bonds. The number of hydrogen-bond donors (Lipinski definition) is 3. The SMILES string of the molecule is O=C(CCNC(=O)c1ccco1)NCCCN1CCNCC1. The molecular formula is C15H24N4O3. The van der Waals surface area contributed by atoms with Crippen molar-refractivity contribution in [3.63, 3.8) is 0 Å². The highest BCUT2D eigenvalue weighted by Gasteiger charge is 2.10. The summed E-state index contributed by atoms with van der Waals surface area (Å²) >= 11 is 0. The number of carbonyl (C=O) groups is 2. The Labute approximate surface area is 130 Å². The van der Waals surface area contributed by atoms with Crippen LogP contribution in [0.4, 0.5) is 0 Å². The Hall–Kier alpha value is -1.86. The molecule has 0 radical (unpaired) electrons. The van der Waals surface area contributed by atoms with Crippen LogP contribution in [0.25, 0.3) is 0 Å². The quantitative estimate of drug-likeness (QED) is 0.580. The molecule has 0 atom stereocenters. The minimum absolute atomic E-state index is 0.0416. The Morgan fingerprint density at radius 2 is 2.05 bits per heavy atom. The summed E-state index contributed by atoms with van der Waals surface area (Å²) in [4.78, 5) is 25.6. The van der Waals surface area contributed by atoms with Crippen molar-refractivity contribution in [2.45, 2.75) is 12.8 Å². The van der Waals surface area contributed by atoms with Gasteiger partial charge in [-0.2, -0.15) is 0 Å². The first kappa shape index (κ1) is 16.5. The predicted molar refractivity (Wildman–Crippen MR) is 82.6 cm³/mol. The van der Waals surface area contributed by atoms with E-state index in [0.717, 1.165) is 39.1 Å². The van der Waals surface area contributed by atoms with E-state index in [1.807, 2.05) is 0 Å². The van der Waals surface area contributed by atoms with Crippen LogP contribution in [0.2, 0.25) is 0 Å². The van der Waals surface area contributed by atoms with Crippen molar-refractivity contribution in [3.8, 4) is 0 Å². The third-order valence-electron chi connectivity index (χ3n) is 3.57. The van der Waals surface area contributed by atoms with E-state index in [9.17, 15) is 9.59 Å². The monoisotopic (exact) mass is 308 g/mol. The van der Waals surface area contributed by atoms with Gasteiger partial charge in [0.25, 0.3) is 5.91 Å². The molecule has 1 saturated heterocycles. The second kappa shape index (κ2) is 9.22. The molecule has 1 fully saturated rings. The Morgan fingerprint density at radius 3 is 2.77 bits per heavy atom. The average Bonchev–Trinajstić information content (AvgIpc) is 3.07. The summed E-state index contributed by atoms with van der Waals surface area (Å²) in [7, 11) is 0. The Balaban J connectivity index is 1.48. The molecule has 22 heavy (non-hydrogen) atoms. The van der Waals surface area contributed by atoms with Crippen LogP contribution in [0.3, 0.4) is 0 Å². The third kappa shape index (κ3) is 5.87. The summed E-state index contributed by atoms with van der Waals surface area (Å²) in [5, 5.41) is 8.84. The molecule has 2 heterocycles. The second-order valence-electron chi connectivity index (χ2n) is 5.28. The van der Waals surface area contributed by atoms with Crippen LogP contribution in [0.15, 0.2) is 22.8 Å². The molecular weight excluding hydrogens is 284 g/mol. The first-order valence-corrected chi connectivity index (χ1v) is 7.77. The summed E-state index contributed by atoms with van der Waals surface area (Å²) in [6.45, 7) is 6.23. The highest BCUT2D eigenvalue weighted by atomic mass is 16.3. The Bertz CT molecular complexity index is 455. The third-order valence-corrected chi connectivity index (χ3v) is 3.57. The molecule has 2 rings (SSSR count). The van der Waals surface area contributed by atoms with Crippen LogP contribution in [-0.2, 0) is 4.79 Å². The van der Waals surface area contributed by atoms with E-state index in [-0.39, 0.29) is 24.0 Å². The molecule has 7 heteroatoms. The van der Waals surface area contributed by atoms with Gasteiger partial charge in [0.15, 0.2) is 5.76 Å². The smallest absolute Gasteiger partial charge is 0.286 e. The number of rotatable bonds is 8. The number of nitrogens with zero attached hydrogens (tertiary/aromatic N) is 1. The summed E-state index contributed by atoms with van der Waals surface area (Å²) in [5.74, 6) is -0.0759. The average molecular weight is 308 g/mol. The number of amides is 2. The number of hydrogen-bond acceptors (Lipinski definition) is 5. The molecule has 1 aromatic rings. The summed E-state index contributed by atoms with van der Waals surface area (Å²) in [5.41, 5.74) is 0. The van der Waals surface area contributed by atoms with E-state index in [1.165, 1.54) is 6.26 Å². The minimum Gasteiger partial charge on any atom is -0.459 e.